The fraction of sp³-hybridized carbons (Fsp3) is 0.318. The number of ether oxygens (including phenoxy) is 1. The fourth-order valence-electron chi connectivity index (χ4n) is 4.07. The van der Waals surface area contributed by atoms with Crippen molar-refractivity contribution in [2.45, 2.75) is 31.7 Å². The smallest absolute Gasteiger partial charge is 0.252 e. The molecule has 0 radical (unpaired) electrons. The van der Waals surface area contributed by atoms with Crippen LogP contribution >= 0.6 is 0 Å². The van der Waals surface area contributed by atoms with Crippen molar-refractivity contribution in [3.8, 4) is 6.07 Å². The molecule has 2 unspecified atom stereocenters. The Morgan fingerprint density at radius 1 is 1.37 bits per heavy atom. The lowest BCUT2D eigenvalue weighted by Gasteiger charge is -2.23. The lowest BCUT2D eigenvalue weighted by Crippen LogP contribution is -2.35. The molecular weight excluding hydrogens is 380 g/mol. The van der Waals surface area contributed by atoms with Crippen LogP contribution in [0, 0.1) is 11.3 Å². The van der Waals surface area contributed by atoms with Gasteiger partial charge >= 0.3 is 0 Å². The first-order valence-corrected chi connectivity index (χ1v) is 10.1. The first-order chi connectivity index (χ1) is 14.7. The summed E-state index contributed by atoms with van der Waals surface area (Å²) in [6, 6.07) is 7.80. The molecule has 5 rings (SSSR count). The maximum Gasteiger partial charge on any atom is 0.252 e. The fourth-order valence-corrected chi connectivity index (χ4v) is 4.07. The van der Waals surface area contributed by atoms with Gasteiger partial charge in [0.2, 0.25) is 0 Å². The Balaban J connectivity index is 1.30. The van der Waals surface area contributed by atoms with Gasteiger partial charge in [-0.3, -0.25) is 4.79 Å². The molecule has 8 nitrogen and oxygen atoms in total. The van der Waals surface area contributed by atoms with E-state index in [4.69, 9.17) is 10.00 Å². The van der Waals surface area contributed by atoms with Crippen molar-refractivity contribution in [1.29, 1.82) is 5.26 Å². The average molecular weight is 402 g/mol. The van der Waals surface area contributed by atoms with Crippen LogP contribution in [0.5, 0.6) is 0 Å². The number of nitrogens with one attached hydrogen (secondary N) is 2. The highest BCUT2D eigenvalue weighted by Crippen LogP contribution is 2.27. The van der Waals surface area contributed by atoms with Crippen molar-refractivity contribution >= 4 is 16.8 Å². The number of carbonyl (C=O) groups is 1. The van der Waals surface area contributed by atoms with Gasteiger partial charge in [-0.1, -0.05) is 6.07 Å². The number of rotatable bonds is 4. The van der Waals surface area contributed by atoms with Crippen molar-refractivity contribution in [1.82, 2.24) is 25.3 Å². The van der Waals surface area contributed by atoms with Crippen molar-refractivity contribution in [2.24, 2.45) is 0 Å². The lowest BCUT2D eigenvalue weighted by atomic mass is 10.1. The van der Waals surface area contributed by atoms with E-state index in [0.717, 1.165) is 42.5 Å². The molecule has 30 heavy (non-hydrogen) atoms. The molecule has 152 valence electrons. The molecule has 4 heterocycles. The lowest BCUT2D eigenvalue weighted by molar-refractivity contribution is -0.0366. The van der Waals surface area contributed by atoms with Gasteiger partial charge in [-0.2, -0.15) is 10.4 Å². The predicted molar refractivity (Wildman–Crippen MR) is 111 cm³/mol. The van der Waals surface area contributed by atoms with E-state index in [1.165, 1.54) is 0 Å². The third kappa shape index (κ3) is 3.33. The number of hydrogen-bond acceptors (Lipinski definition) is 6. The largest absolute Gasteiger partial charge is 0.362 e. The normalized spacial score (nSPS) is 22.7. The molecule has 3 aliphatic heterocycles. The molecule has 1 amide bonds. The molecule has 0 saturated carbocycles. The second-order valence-corrected chi connectivity index (χ2v) is 7.58. The van der Waals surface area contributed by atoms with Crippen molar-refractivity contribution < 1.29 is 9.53 Å². The number of allylic oxidation sites excluding steroid dienone is 2. The number of nitriles is 1. The highest BCUT2D eigenvalue weighted by atomic mass is 16.5. The van der Waals surface area contributed by atoms with E-state index >= 15 is 0 Å². The second kappa shape index (κ2) is 7.69. The summed E-state index contributed by atoms with van der Waals surface area (Å²) in [5.74, 6) is -0.152. The predicted octanol–water partition coefficient (Wildman–Crippen LogP) is 2.52. The molecule has 1 fully saturated rings. The first kappa shape index (κ1) is 18.5. The van der Waals surface area contributed by atoms with Gasteiger partial charge in [-0.25, -0.2) is 4.68 Å². The summed E-state index contributed by atoms with van der Waals surface area (Å²) < 4.78 is 7.74. The summed E-state index contributed by atoms with van der Waals surface area (Å²) in [7, 11) is 0. The van der Waals surface area contributed by atoms with E-state index in [1.807, 2.05) is 40.1 Å². The molecule has 1 saturated heterocycles. The molecule has 1 aromatic heterocycles. The Hall–Kier alpha value is -3.57. The molecule has 1 aromatic carbocycles. The van der Waals surface area contributed by atoms with Gasteiger partial charge in [0.25, 0.3) is 5.91 Å². The van der Waals surface area contributed by atoms with E-state index in [0.29, 0.717) is 17.7 Å². The minimum Gasteiger partial charge on any atom is -0.362 e. The summed E-state index contributed by atoms with van der Waals surface area (Å²) in [6.07, 6.45) is 12.2. The molecule has 0 aliphatic carbocycles. The minimum atomic E-state index is -0.152. The molecule has 2 atom stereocenters. The van der Waals surface area contributed by atoms with E-state index in [9.17, 15) is 4.79 Å². The Labute approximate surface area is 174 Å². The van der Waals surface area contributed by atoms with Crippen molar-refractivity contribution in [3.63, 3.8) is 0 Å². The Kier molecular flexibility index (Phi) is 4.73. The number of benzene rings is 1. The minimum absolute atomic E-state index is 0.0221. The number of hydrogen-bond donors (Lipinski definition) is 2. The van der Waals surface area contributed by atoms with Crippen LogP contribution in [0.25, 0.3) is 10.9 Å². The number of nitrogens with zero attached hydrogens (tertiary/aromatic N) is 4. The van der Waals surface area contributed by atoms with Gasteiger partial charge in [0.15, 0.2) is 6.23 Å². The van der Waals surface area contributed by atoms with Crippen LogP contribution in [0.2, 0.25) is 0 Å². The molecule has 2 N–H and O–H groups in total. The Morgan fingerprint density at radius 2 is 2.30 bits per heavy atom. The van der Waals surface area contributed by atoms with Crippen LogP contribution in [-0.2, 0) is 4.74 Å². The van der Waals surface area contributed by atoms with Gasteiger partial charge in [0.1, 0.15) is 12.2 Å². The van der Waals surface area contributed by atoms with Crippen molar-refractivity contribution in [3.05, 3.63) is 65.8 Å². The SMILES string of the molecule is N#CC1=CN2C=C(CNC(=O)c3cccc4c3cnn4C3CCCCO3)NC2C=C1. The highest BCUT2D eigenvalue weighted by molar-refractivity contribution is 6.06. The standard InChI is InChI=1S/C22H22N6O2/c23-10-15-7-8-20-26-16(14-27(20)13-15)11-24-22(29)17-4-3-5-19-18(17)12-25-28(19)21-6-1-2-9-30-21/h3-5,7-8,12-14,20-21,26H,1-2,6,9,11H2,(H,24,29). The second-order valence-electron chi connectivity index (χ2n) is 7.58. The summed E-state index contributed by atoms with van der Waals surface area (Å²) >= 11 is 0. The molecule has 8 heteroatoms. The maximum absolute atomic E-state index is 12.9. The van der Waals surface area contributed by atoms with E-state index < -0.39 is 0 Å². The average Bonchev–Trinajstić information content (AvgIpc) is 3.41. The summed E-state index contributed by atoms with van der Waals surface area (Å²) in [5.41, 5.74) is 2.98. The van der Waals surface area contributed by atoms with Crippen LogP contribution in [0.1, 0.15) is 35.8 Å². The number of carbonyl (C=O) groups excluding carboxylic acids is 1. The Bertz CT molecular complexity index is 1120. The zero-order chi connectivity index (χ0) is 20.5. The van der Waals surface area contributed by atoms with Gasteiger partial charge in [-0.15, -0.1) is 0 Å². The third-order valence-electron chi connectivity index (χ3n) is 5.59. The van der Waals surface area contributed by atoms with Crippen LogP contribution in [0.4, 0.5) is 0 Å². The molecule has 0 spiro atoms. The van der Waals surface area contributed by atoms with Gasteiger partial charge < -0.3 is 20.3 Å². The van der Waals surface area contributed by atoms with Crippen LogP contribution in [0.15, 0.2) is 60.2 Å². The van der Waals surface area contributed by atoms with Gasteiger partial charge in [0, 0.05) is 30.1 Å². The molecule has 0 bridgehead atoms. The third-order valence-corrected chi connectivity index (χ3v) is 5.59. The highest BCUT2D eigenvalue weighted by Gasteiger charge is 2.24. The van der Waals surface area contributed by atoms with Crippen molar-refractivity contribution in [2.75, 3.05) is 13.2 Å². The zero-order valence-corrected chi connectivity index (χ0v) is 16.4. The van der Waals surface area contributed by atoms with Crippen LogP contribution in [-0.4, -0.2) is 39.9 Å². The van der Waals surface area contributed by atoms with E-state index in [2.05, 4.69) is 21.8 Å². The van der Waals surface area contributed by atoms with Crippen LogP contribution < -0.4 is 10.6 Å². The quantitative estimate of drug-likeness (QED) is 0.816. The first-order valence-electron chi connectivity index (χ1n) is 10.1. The number of fused-ring (bicyclic) bond motifs is 2. The molecular formula is C22H22N6O2. The molecule has 3 aliphatic rings. The van der Waals surface area contributed by atoms with Gasteiger partial charge in [-0.05, 0) is 43.5 Å². The van der Waals surface area contributed by atoms with E-state index in [-0.39, 0.29) is 18.3 Å². The van der Waals surface area contributed by atoms with Crippen LogP contribution in [0.3, 0.4) is 0 Å². The number of amides is 1. The number of aromatic nitrogens is 2. The topological polar surface area (TPSA) is 95.2 Å². The summed E-state index contributed by atoms with van der Waals surface area (Å²) in [4.78, 5) is 14.8. The zero-order valence-electron chi connectivity index (χ0n) is 16.4. The maximum atomic E-state index is 12.9. The Morgan fingerprint density at radius 3 is 3.13 bits per heavy atom. The summed E-state index contributed by atoms with van der Waals surface area (Å²) in [6.45, 7) is 1.11. The monoisotopic (exact) mass is 402 g/mol. The summed E-state index contributed by atoms with van der Waals surface area (Å²) in [5, 5.41) is 20.7. The van der Waals surface area contributed by atoms with E-state index in [1.54, 1.807) is 18.5 Å². The van der Waals surface area contributed by atoms with Gasteiger partial charge in [0.05, 0.1) is 29.4 Å². The molecule has 2 aromatic rings.